The van der Waals surface area contributed by atoms with E-state index < -0.39 is 0 Å². The maximum atomic E-state index is 11.8. The number of carbonyl (C=O) groups excluding carboxylic acids is 1. The minimum Gasteiger partial charge on any atom is -0.489 e. The number of nitrogens with one attached hydrogen (secondary N) is 2. The van der Waals surface area contributed by atoms with Crippen LogP contribution in [0.5, 0.6) is 5.75 Å². The van der Waals surface area contributed by atoms with Crippen LogP contribution in [-0.2, 0) is 4.79 Å². The van der Waals surface area contributed by atoms with Gasteiger partial charge in [0, 0.05) is 17.3 Å². The maximum Gasteiger partial charge on any atom is 0.246 e. The summed E-state index contributed by atoms with van der Waals surface area (Å²) in [5.74, 6) is 0.817. The molecule has 2 N–H and O–H groups in total. The van der Waals surface area contributed by atoms with E-state index in [0.29, 0.717) is 6.10 Å². The van der Waals surface area contributed by atoms with Gasteiger partial charge in [0.25, 0.3) is 0 Å². The highest BCUT2D eigenvalue weighted by Gasteiger charge is 2.30. The van der Waals surface area contributed by atoms with E-state index in [1.165, 1.54) is 19.3 Å². The number of anilines is 1. The third-order valence-electron chi connectivity index (χ3n) is 4.07. The van der Waals surface area contributed by atoms with Crippen molar-refractivity contribution < 1.29 is 9.53 Å². The van der Waals surface area contributed by atoms with Crippen molar-refractivity contribution in [3.05, 3.63) is 22.2 Å². The van der Waals surface area contributed by atoms with Crippen molar-refractivity contribution >= 4 is 27.5 Å². The molecule has 2 aliphatic rings. The Bertz CT molecular complexity index is 527. The van der Waals surface area contributed by atoms with E-state index >= 15 is 0 Å². The topological polar surface area (TPSA) is 50.4 Å². The first-order valence-electron chi connectivity index (χ1n) is 7.17. The van der Waals surface area contributed by atoms with E-state index in [4.69, 9.17) is 4.74 Å². The van der Waals surface area contributed by atoms with Crippen molar-refractivity contribution in [2.24, 2.45) is 0 Å². The van der Waals surface area contributed by atoms with Crippen LogP contribution in [0.4, 0.5) is 5.69 Å². The zero-order valence-corrected chi connectivity index (χ0v) is 13.1. The van der Waals surface area contributed by atoms with Gasteiger partial charge in [-0.15, -0.1) is 0 Å². The molecule has 5 heteroatoms. The Morgan fingerprint density at radius 2 is 2.05 bits per heavy atom. The van der Waals surface area contributed by atoms with Crippen molar-refractivity contribution in [2.45, 2.75) is 44.2 Å². The number of amides is 1. The van der Waals surface area contributed by atoms with Gasteiger partial charge in [0.1, 0.15) is 11.8 Å². The summed E-state index contributed by atoms with van der Waals surface area (Å²) in [5.41, 5.74) is 1.82. The van der Waals surface area contributed by atoms with Gasteiger partial charge in [-0.2, -0.15) is 0 Å². The first kappa shape index (κ1) is 13.9. The third-order valence-corrected chi connectivity index (χ3v) is 4.69. The van der Waals surface area contributed by atoms with Gasteiger partial charge >= 0.3 is 0 Å². The summed E-state index contributed by atoms with van der Waals surface area (Å²) < 4.78 is 7.01. The normalized spacial score (nSPS) is 22.5. The van der Waals surface area contributed by atoms with Gasteiger partial charge < -0.3 is 15.4 Å². The largest absolute Gasteiger partial charge is 0.489 e. The van der Waals surface area contributed by atoms with Crippen LogP contribution in [0.25, 0.3) is 0 Å². The standard InChI is InChI=1S/C15H19BrN2O2/c1-17-14-10-7-11(16)13(8-12(10)18-15(14)19)20-9-5-3-2-4-6-9/h7-9,14,17H,2-6H2,1H3,(H,18,19). The molecule has 0 aromatic heterocycles. The lowest BCUT2D eigenvalue weighted by molar-refractivity contribution is -0.117. The molecule has 1 fully saturated rings. The first-order chi connectivity index (χ1) is 9.69. The monoisotopic (exact) mass is 338 g/mol. The van der Waals surface area contributed by atoms with Crippen molar-refractivity contribution in [3.63, 3.8) is 0 Å². The summed E-state index contributed by atoms with van der Waals surface area (Å²) in [6.07, 6.45) is 6.34. The van der Waals surface area contributed by atoms with Gasteiger partial charge in [-0.25, -0.2) is 0 Å². The molecule has 1 aliphatic carbocycles. The van der Waals surface area contributed by atoms with Crippen LogP contribution in [0.3, 0.4) is 0 Å². The highest BCUT2D eigenvalue weighted by Crippen LogP contribution is 2.39. The van der Waals surface area contributed by atoms with E-state index in [-0.39, 0.29) is 11.9 Å². The van der Waals surface area contributed by atoms with Crippen LogP contribution >= 0.6 is 15.9 Å². The van der Waals surface area contributed by atoms with E-state index in [0.717, 1.165) is 34.3 Å². The second kappa shape index (κ2) is 5.74. The lowest BCUT2D eigenvalue weighted by Gasteiger charge is -2.24. The quantitative estimate of drug-likeness (QED) is 0.888. The van der Waals surface area contributed by atoms with Crippen molar-refractivity contribution in [3.8, 4) is 5.75 Å². The Balaban J connectivity index is 1.83. The number of rotatable bonds is 3. The molecule has 3 rings (SSSR count). The molecule has 1 atom stereocenters. The minimum atomic E-state index is -0.273. The maximum absolute atomic E-state index is 11.8. The SMILES string of the molecule is CNC1C(=O)Nc2cc(OC3CCCCC3)c(Br)cc21. The fourth-order valence-electron chi connectivity index (χ4n) is 3.00. The van der Waals surface area contributed by atoms with Gasteiger partial charge in [0.05, 0.1) is 10.6 Å². The molecule has 0 bridgehead atoms. The van der Waals surface area contributed by atoms with Crippen molar-refractivity contribution in [1.82, 2.24) is 5.32 Å². The molecule has 1 aromatic rings. The van der Waals surface area contributed by atoms with Gasteiger partial charge in [-0.1, -0.05) is 6.42 Å². The van der Waals surface area contributed by atoms with E-state index in [1.54, 1.807) is 7.05 Å². The smallest absolute Gasteiger partial charge is 0.246 e. The molecule has 1 aliphatic heterocycles. The van der Waals surface area contributed by atoms with Gasteiger partial charge in [0.2, 0.25) is 5.91 Å². The van der Waals surface area contributed by atoms with Crippen LogP contribution in [0.2, 0.25) is 0 Å². The van der Waals surface area contributed by atoms with Gasteiger partial charge in [-0.3, -0.25) is 4.79 Å². The summed E-state index contributed by atoms with van der Waals surface area (Å²) in [6.45, 7) is 0. The number of benzene rings is 1. The lowest BCUT2D eigenvalue weighted by atomic mass is 9.98. The Hall–Kier alpha value is -1.07. The van der Waals surface area contributed by atoms with Crippen molar-refractivity contribution in [2.75, 3.05) is 12.4 Å². The number of hydrogen-bond donors (Lipinski definition) is 2. The predicted octanol–water partition coefficient (Wildman–Crippen LogP) is 3.37. The summed E-state index contributed by atoms with van der Waals surface area (Å²) in [5, 5.41) is 5.93. The number of fused-ring (bicyclic) bond motifs is 1. The molecule has 108 valence electrons. The minimum absolute atomic E-state index is 0.00998. The number of ether oxygens (including phenoxy) is 1. The van der Waals surface area contributed by atoms with Crippen LogP contribution in [0.1, 0.15) is 43.7 Å². The summed E-state index contributed by atoms with van der Waals surface area (Å²) >= 11 is 3.56. The second-order valence-electron chi connectivity index (χ2n) is 5.46. The molecular formula is C15H19BrN2O2. The third kappa shape index (κ3) is 2.56. The molecule has 1 aromatic carbocycles. The average molecular weight is 339 g/mol. The van der Waals surface area contributed by atoms with Crippen LogP contribution in [0.15, 0.2) is 16.6 Å². The zero-order chi connectivity index (χ0) is 14.1. The lowest BCUT2D eigenvalue weighted by Crippen LogP contribution is -2.23. The molecular weight excluding hydrogens is 320 g/mol. The van der Waals surface area contributed by atoms with Gasteiger partial charge in [0.15, 0.2) is 0 Å². The average Bonchev–Trinajstić information content (AvgIpc) is 2.75. The Morgan fingerprint density at radius 1 is 1.30 bits per heavy atom. The Kier molecular flexibility index (Phi) is 3.98. The molecule has 0 saturated heterocycles. The van der Waals surface area contributed by atoms with Crippen LogP contribution in [0, 0.1) is 0 Å². The number of halogens is 1. The highest BCUT2D eigenvalue weighted by molar-refractivity contribution is 9.10. The van der Waals surface area contributed by atoms with E-state index in [2.05, 4.69) is 26.6 Å². The fourth-order valence-corrected chi connectivity index (χ4v) is 3.46. The number of likely N-dealkylation sites (N-methyl/N-ethyl adjacent to an activating group) is 1. The highest BCUT2D eigenvalue weighted by atomic mass is 79.9. The molecule has 1 amide bonds. The van der Waals surface area contributed by atoms with Gasteiger partial charge in [-0.05, 0) is 54.7 Å². The molecule has 1 unspecified atom stereocenters. The summed E-state index contributed by atoms with van der Waals surface area (Å²) in [6, 6.07) is 3.64. The van der Waals surface area contributed by atoms with Crippen LogP contribution < -0.4 is 15.4 Å². The molecule has 4 nitrogen and oxygen atoms in total. The first-order valence-corrected chi connectivity index (χ1v) is 7.96. The number of hydrogen-bond acceptors (Lipinski definition) is 3. The summed E-state index contributed by atoms with van der Waals surface area (Å²) in [4.78, 5) is 11.8. The molecule has 20 heavy (non-hydrogen) atoms. The molecule has 0 spiro atoms. The van der Waals surface area contributed by atoms with E-state index in [9.17, 15) is 4.79 Å². The Labute approximate surface area is 127 Å². The zero-order valence-electron chi connectivity index (χ0n) is 11.5. The second-order valence-corrected chi connectivity index (χ2v) is 6.31. The van der Waals surface area contributed by atoms with Crippen molar-refractivity contribution in [1.29, 1.82) is 0 Å². The van der Waals surface area contributed by atoms with E-state index in [1.807, 2.05) is 12.1 Å². The molecule has 0 radical (unpaired) electrons. The Morgan fingerprint density at radius 3 is 2.75 bits per heavy atom. The summed E-state index contributed by atoms with van der Waals surface area (Å²) in [7, 11) is 1.79. The fraction of sp³-hybridized carbons (Fsp3) is 0.533. The molecule has 1 saturated carbocycles. The number of carbonyl (C=O) groups is 1. The molecule has 1 heterocycles. The van der Waals surface area contributed by atoms with Crippen LogP contribution in [-0.4, -0.2) is 19.1 Å². The predicted molar refractivity (Wildman–Crippen MR) is 82.1 cm³/mol.